The molecule has 8 nitrogen and oxygen atoms in total. The lowest BCUT2D eigenvalue weighted by Gasteiger charge is -2.12. The molecular weight excluding hydrogens is 432 g/mol. The second kappa shape index (κ2) is 9.82. The average molecular weight is 461 g/mol. The lowest BCUT2D eigenvalue weighted by Crippen LogP contribution is -2.21. The minimum atomic E-state index is -0.327. The maximum atomic E-state index is 12.6. The van der Waals surface area contributed by atoms with Crippen LogP contribution in [0.15, 0.2) is 48.5 Å². The topological polar surface area (TPSA) is 87.5 Å². The smallest absolute Gasteiger partial charge is 0.262 e. The quantitative estimate of drug-likeness (QED) is 0.412. The highest BCUT2D eigenvalue weighted by Gasteiger charge is 2.17. The number of ether oxygens (including phenoxy) is 3. The molecule has 34 heavy (non-hydrogen) atoms. The fourth-order valence-electron chi connectivity index (χ4n) is 3.80. The molecule has 0 aliphatic carbocycles. The van der Waals surface area contributed by atoms with Gasteiger partial charge in [0.15, 0.2) is 12.3 Å². The molecule has 4 rings (SSSR count). The van der Waals surface area contributed by atoms with Gasteiger partial charge in [-0.1, -0.05) is 24.6 Å². The summed E-state index contributed by atoms with van der Waals surface area (Å²) in [4.78, 5) is 17.3. The Kier molecular flexibility index (Phi) is 6.67. The van der Waals surface area contributed by atoms with E-state index in [-0.39, 0.29) is 12.5 Å². The zero-order valence-electron chi connectivity index (χ0n) is 20.0. The van der Waals surface area contributed by atoms with Crippen molar-refractivity contribution < 1.29 is 19.0 Å². The molecule has 0 atom stereocenters. The summed E-state index contributed by atoms with van der Waals surface area (Å²) in [5.41, 5.74) is 5.28. The number of hydrogen-bond acceptors (Lipinski definition) is 6. The molecule has 8 heteroatoms. The first-order valence-electron chi connectivity index (χ1n) is 11.0. The van der Waals surface area contributed by atoms with Gasteiger partial charge in [0, 0.05) is 17.5 Å². The van der Waals surface area contributed by atoms with Gasteiger partial charge in [-0.15, -0.1) is 0 Å². The molecule has 0 spiro atoms. The number of aromatic nitrogens is 3. The number of anilines is 1. The van der Waals surface area contributed by atoms with E-state index in [9.17, 15) is 4.79 Å². The normalized spacial score (nSPS) is 10.9. The molecule has 1 N–H and O–H groups in total. The average Bonchev–Trinajstić information content (AvgIpc) is 3.19. The van der Waals surface area contributed by atoms with Crippen molar-refractivity contribution in [3.05, 3.63) is 65.4 Å². The van der Waals surface area contributed by atoms with Crippen LogP contribution in [0, 0.1) is 13.8 Å². The van der Waals surface area contributed by atoms with Gasteiger partial charge in [-0.25, -0.2) is 4.68 Å². The van der Waals surface area contributed by atoms with Crippen LogP contribution in [0.3, 0.4) is 0 Å². The summed E-state index contributed by atoms with van der Waals surface area (Å²) in [6.45, 7) is 5.89. The molecule has 1 amide bonds. The second-order valence-electron chi connectivity index (χ2n) is 7.91. The van der Waals surface area contributed by atoms with Crippen molar-refractivity contribution in [3.8, 4) is 23.1 Å². The van der Waals surface area contributed by atoms with Gasteiger partial charge in [0.05, 0.1) is 31.3 Å². The summed E-state index contributed by atoms with van der Waals surface area (Å²) in [7, 11) is 3.10. The Morgan fingerprint density at radius 3 is 2.47 bits per heavy atom. The van der Waals surface area contributed by atoms with E-state index in [1.165, 1.54) is 12.7 Å². The first-order valence-corrected chi connectivity index (χ1v) is 11.0. The van der Waals surface area contributed by atoms with Gasteiger partial charge in [-0.2, -0.15) is 10.1 Å². The van der Waals surface area contributed by atoms with Crippen LogP contribution in [0.25, 0.3) is 16.7 Å². The van der Waals surface area contributed by atoms with Gasteiger partial charge >= 0.3 is 0 Å². The van der Waals surface area contributed by atoms with Crippen molar-refractivity contribution in [3.63, 3.8) is 0 Å². The zero-order valence-corrected chi connectivity index (χ0v) is 20.0. The standard InChI is InChI=1S/C26H28N4O4/c1-6-18-13-24(34-15-23(31)27-21-12-11-20(32-4)14-22(21)33-5)28-26-25(18)17(3)29-30(26)19-9-7-16(2)8-10-19/h7-14H,6,15H2,1-5H3,(H,27,31). The molecule has 2 aromatic heterocycles. The number of fused-ring (bicyclic) bond motifs is 1. The Morgan fingerprint density at radius 1 is 1.03 bits per heavy atom. The van der Waals surface area contributed by atoms with Crippen LogP contribution < -0.4 is 19.5 Å². The van der Waals surface area contributed by atoms with E-state index in [1.54, 1.807) is 25.3 Å². The van der Waals surface area contributed by atoms with Crippen molar-refractivity contribution in [1.29, 1.82) is 0 Å². The number of carbonyl (C=O) groups is 1. The largest absolute Gasteiger partial charge is 0.497 e. The van der Waals surface area contributed by atoms with Crippen LogP contribution in [0.4, 0.5) is 5.69 Å². The fraction of sp³-hybridized carbons (Fsp3) is 0.269. The third-order valence-corrected chi connectivity index (χ3v) is 5.56. The summed E-state index contributed by atoms with van der Waals surface area (Å²) in [6, 6.07) is 15.1. The van der Waals surface area contributed by atoms with Crippen molar-refractivity contribution in [2.24, 2.45) is 0 Å². The number of pyridine rings is 1. The van der Waals surface area contributed by atoms with Crippen LogP contribution in [-0.2, 0) is 11.2 Å². The highest BCUT2D eigenvalue weighted by molar-refractivity contribution is 5.93. The number of benzene rings is 2. The third kappa shape index (κ3) is 4.66. The third-order valence-electron chi connectivity index (χ3n) is 5.56. The highest BCUT2D eigenvalue weighted by atomic mass is 16.5. The first-order chi connectivity index (χ1) is 16.4. The molecule has 0 fully saturated rings. The number of nitrogens with one attached hydrogen (secondary N) is 1. The number of amides is 1. The zero-order chi connectivity index (χ0) is 24.2. The fourth-order valence-corrected chi connectivity index (χ4v) is 3.80. The lowest BCUT2D eigenvalue weighted by molar-refractivity contribution is -0.118. The van der Waals surface area contributed by atoms with Crippen LogP contribution in [0.2, 0.25) is 0 Å². The van der Waals surface area contributed by atoms with Crippen LogP contribution in [0.1, 0.15) is 23.7 Å². The van der Waals surface area contributed by atoms with Gasteiger partial charge in [0.25, 0.3) is 5.91 Å². The number of carbonyl (C=O) groups excluding carboxylic acids is 1. The van der Waals surface area contributed by atoms with Gasteiger partial charge in [-0.3, -0.25) is 4.79 Å². The SMILES string of the molecule is CCc1cc(OCC(=O)Nc2ccc(OC)cc2OC)nc2c1c(C)nn2-c1ccc(C)cc1. The van der Waals surface area contributed by atoms with Crippen LogP contribution in [0.5, 0.6) is 17.4 Å². The van der Waals surface area contributed by atoms with Crippen molar-refractivity contribution in [2.75, 3.05) is 26.1 Å². The summed E-state index contributed by atoms with van der Waals surface area (Å²) in [5.74, 6) is 1.18. The maximum absolute atomic E-state index is 12.6. The van der Waals surface area contributed by atoms with Crippen molar-refractivity contribution in [2.45, 2.75) is 27.2 Å². The number of hydrogen-bond donors (Lipinski definition) is 1. The van der Waals surface area contributed by atoms with Crippen molar-refractivity contribution >= 4 is 22.6 Å². The monoisotopic (exact) mass is 460 g/mol. The molecule has 2 aromatic carbocycles. The number of nitrogens with zero attached hydrogens (tertiary/aromatic N) is 3. The van der Waals surface area contributed by atoms with Crippen LogP contribution in [-0.4, -0.2) is 41.5 Å². The summed E-state index contributed by atoms with van der Waals surface area (Å²) < 4.78 is 18.1. The van der Waals surface area contributed by atoms with E-state index < -0.39 is 0 Å². The second-order valence-corrected chi connectivity index (χ2v) is 7.91. The molecule has 0 aliphatic heterocycles. The maximum Gasteiger partial charge on any atom is 0.262 e. The molecule has 0 saturated heterocycles. The Bertz CT molecular complexity index is 1330. The predicted molar refractivity (Wildman–Crippen MR) is 131 cm³/mol. The summed E-state index contributed by atoms with van der Waals surface area (Å²) in [5, 5.41) is 8.53. The van der Waals surface area contributed by atoms with Gasteiger partial charge in [-0.05, 0) is 50.1 Å². The Labute approximate surface area is 198 Å². The number of aryl methyl sites for hydroxylation is 3. The molecule has 176 valence electrons. The molecule has 0 bridgehead atoms. The molecular formula is C26H28N4O4. The van der Waals surface area contributed by atoms with E-state index in [0.717, 1.165) is 28.8 Å². The van der Waals surface area contributed by atoms with E-state index >= 15 is 0 Å². The van der Waals surface area contributed by atoms with Crippen molar-refractivity contribution in [1.82, 2.24) is 14.8 Å². The minimum Gasteiger partial charge on any atom is -0.497 e. The van der Waals surface area contributed by atoms with E-state index in [4.69, 9.17) is 24.3 Å². The first kappa shape index (κ1) is 23.1. The predicted octanol–water partition coefficient (Wildman–Crippen LogP) is 4.63. The number of methoxy groups -OCH3 is 2. The van der Waals surface area contributed by atoms with E-state index in [2.05, 4.69) is 12.2 Å². The lowest BCUT2D eigenvalue weighted by atomic mass is 10.1. The molecule has 4 aromatic rings. The summed E-state index contributed by atoms with van der Waals surface area (Å²) in [6.07, 6.45) is 0.783. The molecule has 0 radical (unpaired) electrons. The van der Waals surface area contributed by atoms with E-state index in [1.807, 2.05) is 48.9 Å². The Morgan fingerprint density at radius 2 is 1.79 bits per heavy atom. The highest BCUT2D eigenvalue weighted by Crippen LogP contribution is 2.30. The van der Waals surface area contributed by atoms with Gasteiger partial charge in [0.1, 0.15) is 11.5 Å². The summed E-state index contributed by atoms with van der Waals surface area (Å²) >= 11 is 0. The molecule has 0 aliphatic rings. The Hall–Kier alpha value is -4.07. The Balaban J connectivity index is 1.58. The van der Waals surface area contributed by atoms with Crippen LogP contribution >= 0.6 is 0 Å². The molecule has 0 saturated carbocycles. The number of rotatable bonds is 8. The molecule has 2 heterocycles. The van der Waals surface area contributed by atoms with Gasteiger partial charge in [0.2, 0.25) is 5.88 Å². The van der Waals surface area contributed by atoms with Gasteiger partial charge < -0.3 is 19.5 Å². The minimum absolute atomic E-state index is 0.200. The van der Waals surface area contributed by atoms with E-state index in [0.29, 0.717) is 28.7 Å². The molecule has 0 unspecified atom stereocenters.